The maximum atomic E-state index is 10.6. The van der Waals surface area contributed by atoms with Gasteiger partial charge in [0.15, 0.2) is 0 Å². The molecule has 0 saturated carbocycles. The highest BCUT2D eigenvalue weighted by molar-refractivity contribution is 9.10. The van der Waals surface area contributed by atoms with E-state index in [-0.39, 0.29) is 0 Å². The van der Waals surface area contributed by atoms with Gasteiger partial charge in [0, 0.05) is 10.0 Å². The molecule has 1 unspecified atom stereocenters. The topological polar surface area (TPSA) is 17.1 Å². The Labute approximate surface area is 87.3 Å². The third-order valence-electron chi connectivity index (χ3n) is 2.26. The molecule has 1 aromatic rings. The van der Waals surface area contributed by atoms with E-state index in [1.165, 1.54) is 5.56 Å². The highest BCUT2D eigenvalue weighted by Crippen LogP contribution is 2.23. The van der Waals surface area contributed by atoms with Gasteiger partial charge in [0.05, 0.1) is 0 Å². The van der Waals surface area contributed by atoms with Crippen molar-refractivity contribution < 1.29 is 4.79 Å². The molecule has 13 heavy (non-hydrogen) atoms. The third-order valence-corrected chi connectivity index (χ3v) is 2.72. The second-order valence-electron chi connectivity index (χ2n) is 3.25. The predicted molar refractivity (Wildman–Crippen MR) is 58.2 cm³/mol. The van der Waals surface area contributed by atoms with Crippen molar-refractivity contribution in [2.45, 2.75) is 26.2 Å². The van der Waals surface area contributed by atoms with Crippen LogP contribution in [0.25, 0.3) is 0 Å². The van der Waals surface area contributed by atoms with Crippen LogP contribution in [0.15, 0.2) is 22.7 Å². The number of aldehydes is 1. The average molecular weight is 241 g/mol. The summed E-state index contributed by atoms with van der Waals surface area (Å²) in [5.41, 5.74) is 1.96. The molecule has 0 fully saturated rings. The Kier molecular flexibility index (Phi) is 3.67. The number of halogens is 1. The first-order chi connectivity index (χ1) is 6.17. The first-order valence-corrected chi connectivity index (χ1v) is 5.22. The van der Waals surface area contributed by atoms with E-state index in [9.17, 15) is 4.79 Å². The molecule has 0 amide bonds. The van der Waals surface area contributed by atoms with Gasteiger partial charge in [-0.15, -0.1) is 0 Å². The van der Waals surface area contributed by atoms with Crippen molar-refractivity contribution in [2.75, 3.05) is 0 Å². The van der Waals surface area contributed by atoms with E-state index in [2.05, 4.69) is 35.8 Å². The summed E-state index contributed by atoms with van der Waals surface area (Å²) in [6, 6.07) is 5.85. The van der Waals surface area contributed by atoms with Crippen LogP contribution in [0, 0.1) is 0 Å². The highest BCUT2D eigenvalue weighted by atomic mass is 79.9. The van der Waals surface area contributed by atoms with E-state index in [4.69, 9.17) is 0 Å². The first-order valence-electron chi connectivity index (χ1n) is 4.43. The van der Waals surface area contributed by atoms with E-state index in [1.807, 2.05) is 12.1 Å². The van der Waals surface area contributed by atoms with Gasteiger partial charge in [-0.05, 0) is 36.1 Å². The summed E-state index contributed by atoms with van der Waals surface area (Å²) < 4.78 is 0.979. The van der Waals surface area contributed by atoms with E-state index in [1.54, 1.807) is 0 Å². The monoisotopic (exact) mass is 240 g/mol. The Morgan fingerprint density at radius 2 is 2.15 bits per heavy atom. The maximum absolute atomic E-state index is 10.6. The predicted octanol–water partition coefficient (Wildman–Crippen LogP) is 3.78. The molecular weight excluding hydrogens is 228 g/mol. The van der Waals surface area contributed by atoms with Crippen LogP contribution in [0.2, 0.25) is 0 Å². The zero-order valence-corrected chi connectivity index (χ0v) is 9.47. The maximum Gasteiger partial charge on any atom is 0.150 e. The Hall–Kier alpha value is -0.630. The Bertz CT molecular complexity index is 307. The van der Waals surface area contributed by atoms with Crippen molar-refractivity contribution in [1.29, 1.82) is 0 Å². The van der Waals surface area contributed by atoms with Crippen molar-refractivity contribution in [1.82, 2.24) is 0 Å². The van der Waals surface area contributed by atoms with Crippen LogP contribution in [-0.2, 0) is 0 Å². The van der Waals surface area contributed by atoms with Crippen LogP contribution in [0.3, 0.4) is 0 Å². The second kappa shape index (κ2) is 4.56. The highest BCUT2D eigenvalue weighted by Gasteiger charge is 2.04. The molecule has 0 aromatic heterocycles. The van der Waals surface area contributed by atoms with Gasteiger partial charge in [-0.1, -0.05) is 29.8 Å². The van der Waals surface area contributed by atoms with Gasteiger partial charge >= 0.3 is 0 Å². The average Bonchev–Trinajstić information content (AvgIpc) is 2.15. The van der Waals surface area contributed by atoms with Gasteiger partial charge in [-0.3, -0.25) is 4.79 Å². The Morgan fingerprint density at radius 1 is 1.46 bits per heavy atom. The molecule has 0 heterocycles. The van der Waals surface area contributed by atoms with Gasteiger partial charge in [-0.25, -0.2) is 0 Å². The van der Waals surface area contributed by atoms with Crippen molar-refractivity contribution >= 4 is 22.2 Å². The molecule has 1 nitrogen and oxygen atoms in total. The van der Waals surface area contributed by atoms with Crippen molar-refractivity contribution in [3.63, 3.8) is 0 Å². The molecule has 1 rings (SSSR count). The standard InChI is InChI=1S/C11H13BrO/c1-3-8(2)10-4-9(7-13)5-11(12)6-10/h4-8H,3H2,1-2H3. The van der Waals surface area contributed by atoms with E-state index < -0.39 is 0 Å². The fourth-order valence-corrected chi connectivity index (χ4v) is 1.75. The number of benzene rings is 1. The number of carbonyl (C=O) groups excluding carboxylic acids is 1. The molecule has 1 atom stereocenters. The van der Waals surface area contributed by atoms with Gasteiger partial charge < -0.3 is 0 Å². The van der Waals surface area contributed by atoms with Gasteiger partial charge in [0.2, 0.25) is 0 Å². The van der Waals surface area contributed by atoms with Crippen LogP contribution >= 0.6 is 15.9 Å². The van der Waals surface area contributed by atoms with Crippen LogP contribution < -0.4 is 0 Å². The Balaban J connectivity index is 3.07. The lowest BCUT2D eigenvalue weighted by atomic mass is 9.97. The minimum Gasteiger partial charge on any atom is -0.298 e. The fourth-order valence-electron chi connectivity index (χ4n) is 1.22. The van der Waals surface area contributed by atoms with Crippen molar-refractivity contribution in [2.24, 2.45) is 0 Å². The normalized spacial score (nSPS) is 12.5. The first kappa shape index (κ1) is 10.5. The van der Waals surface area contributed by atoms with Gasteiger partial charge in [0.25, 0.3) is 0 Å². The van der Waals surface area contributed by atoms with Crippen LogP contribution in [0.5, 0.6) is 0 Å². The van der Waals surface area contributed by atoms with Crippen molar-refractivity contribution in [3.05, 3.63) is 33.8 Å². The van der Waals surface area contributed by atoms with Crippen LogP contribution in [-0.4, -0.2) is 6.29 Å². The number of carbonyl (C=O) groups is 1. The fraction of sp³-hybridized carbons (Fsp3) is 0.364. The van der Waals surface area contributed by atoms with Gasteiger partial charge in [-0.2, -0.15) is 0 Å². The van der Waals surface area contributed by atoms with E-state index in [0.29, 0.717) is 5.92 Å². The smallest absolute Gasteiger partial charge is 0.150 e. The second-order valence-corrected chi connectivity index (χ2v) is 4.16. The molecule has 0 spiro atoms. The lowest BCUT2D eigenvalue weighted by molar-refractivity contribution is 0.112. The number of hydrogen-bond donors (Lipinski definition) is 0. The third kappa shape index (κ3) is 2.66. The lowest BCUT2D eigenvalue weighted by Gasteiger charge is -2.09. The molecule has 0 aliphatic rings. The van der Waals surface area contributed by atoms with Crippen LogP contribution in [0.4, 0.5) is 0 Å². The van der Waals surface area contributed by atoms with Crippen molar-refractivity contribution in [3.8, 4) is 0 Å². The van der Waals surface area contributed by atoms with E-state index in [0.717, 1.165) is 22.7 Å². The number of hydrogen-bond acceptors (Lipinski definition) is 1. The zero-order valence-electron chi connectivity index (χ0n) is 7.88. The molecule has 0 N–H and O–H groups in total. The quantitative estimate of drug-likeness (QED) is 0.736. The largest absolute Gasteiger partial charge is 0.298 e. The summed E-state index contributed by atoms with van der Waals surface area (Å²) in [6.45, 7) is 4.31. The molecule has 0 radical (unpaired) electrons. The molecule has 1 aromatic carbocycles. The summed E-state index contributed by atoms with van der Waals surface area (Å²) in [4.78, 5) is 10.6. The zero-order chi connectivity index (χ0) is 9.84. The summed E-state index contributed by atoms with van der Waals surface area (Å²) in [7, 11) is 0. The summed E-state index contributed by atoms with van der Waals surface area (Å²) in [6.07, 6.45) is 1.98. The summed E-state index contributed by atoms with van der Waals surface area (Å²) in [5.74, 6) is 0.510. The molecule has 0 bridgehead atoms. The van der Waals surface area contributed by atoms with E-state index >= 15 is 0 Å². The molecule has 2 heteroatoms. The SMILES string of the molecule is CCC(C)c1cc(Br)cc(C=O)c1. The molecule has 0 aliphatic carbocycles. The van der Waals surface area contributed by atoms with Crippen LogP contribution in [0.1, 0.15) is 42.1 Å². The van der Waals surface area contributed by atoms with Gasteiger partial charge in [0.1, 0.15) is 6.29 Å². The molecule has 0 saturated heterocycles. The lowest BCUT2D eigenvalue weighted by Crippen LogP contribution is -1.93. The molecular formula is C11H13BrO. The Morgan fingerprint density at radius 3 is 2.69 bits per heavy atom. The molecule has 70 valence electrons. The molecule has 0 aliphatic heterocycles. The summed E-state index contributed by atoms with van der Waals surface area (Å²) in [5, 5.41) is 0. The number of rotatable bonds is 3. The summed E-state index contributed by atoms with van der Waals surface area (Å²) >= 11 is 3.39. The minimum absolute atomic E-state index is 0.510. The minimum atomic E-state index is 0.510.